The topological polar surface area (TPSA) is 58.3 Å². The van der Waals surface area contributed by atoms with E-state index in [2.05, 4.69) is 4.98 Å². The van der Waals surface area contributed by atoms with Gasteiger partial charge in [-0.3, -0.25) is 0 Å². The lowest BCUT2D eigenvalue weighted by Crippen LogP contribution is -2.29. The molecule has 2 aromatic rings. The average molecular weight is 270 g/mol. The first-order valence-electron chi connectivity index (χ1n) is 5.36. The zero-order valence-electron chi connectivity index (χ0n) is 9.89. The van der Waals surface area contributed by atoms with Crippen LogP contribution in [0.4, 0.5) is 13.2 Å². The summed E-state index contributed by atoms with van der Waals surface area (Å²) in [4.78, 5) is 3.54. The Labute approximate surface area is 107 Å². The summed E-state index contributed by atoms with van der Waals surface area (Å²) < 4.78 is 38.8. The largest absolute Gasteiger partial charge is 0.488 e. The molecule has 8 heteroatoms. The van der Waals surface area contributed by atoms with Crippen molar-refractivity contribution in [3.63, 3.8) is 0 Å². The molecule has 2 N–H and O–H groups in total. The first-order valence-corrected chi connectivity index (χ1v) is 5.36. The van der Waals surface area contributed by atoms with Gasteiger partial charge < -0.3 is 14.6 Å². The molecule has 0 aliphatic heterocycles. The molecule has 0 unspecified atom stereocenters. The maximum atomic E-state index is 12.5. The Morgan fingerprint density at radius 2 is 1.74 bits per heavy atom. The van der Waals surface area contributed by atoms with Crippen molar-refractivity contribution in [2.24, 2.45) is 7.05 Å². The van der Waals surface area contributed by atoms with Gasteiger partial charge in [-0.15, -0.1) is 0 Å². The fourth-order valence-corrected chi connectivity index (χ4v) is 1.68. The first-order chi connectivity index (χ1) is 8.79. The minimum absolute atomic E-state index is 0.159. The van der Waals surface area contributed by atoms with Crippen LogP contribution in [0.15, 0.2) is 30.5 Å². The van der Waals surface area contributed by atoms with Gasteiger partial charge in [0.2, 0.25) is 0 Å². The Morgan fingerprint density at radius 3 is 2.16 bits per heavy atom. The van der Waals surface area contributed by atoms with Crippen molar-refractivity contribution in [2.75, 3.05) is 0 Å². The molecular weight excluding hydrogens is 260 g/mol. The number of aromatic nitrogens is 2. The zero-order valence-corrected chi connectivity index (χ0v) is 9.89. The molecule has 0 radical (unpaired) electrons. The van der Waals surface area contributed by atoms with Crippen LogP contribution in [0.25, 0.3) is 11.4 Å². The predicted octanol–water partition coefficient (Wildman–Crippen LogP) is 0.786. The number of imidazole rings is 1. The van der Waals surface area contributed by atoms with Crippen LogP contribution in [0.5, 0.6) is 0 Å². The van der Waals surface area contributed by atoms with Crippen molar-refractivity contribution >= 4 is 12.6 Å². The van der Waals surface area contributed by atoms with Crippen molar-refractivity contribution in [3.05, 3.63) is 36.2 Å². The summed E-state index contributed by atoms with van der Waals surface area (Å²) in [5, 5.41) is 17.9. The third-order valence-corrected chi connectivity index (χ3v) is 2.63. The normalized spacial score (nSPS) is 11.7. The monoisotopic (exact) mass is 270 g/mol. The number of benzene rings is 1. The maximum absolute atomic E-state index is 12.5. The Hall–Kier alpha value is -1.80. The van der Waals surface area contributed by atoms with Crippen molar-refractivity contribution in [1.29, 1.82) is 0 Å². The molecule has 0 aliphatic carbocycles. The Bertz CT molecular complexity index is 579. The van der Waals surface area contributed by atoms with E-state index < -0.39 is 19.0 Å². The second kappa shape index (κ2) is 4.71. The second-order valence-corrected chi connectivity index (χ2v) is 4.05. The van der Waals surface area contributed by atoms with E-state index >= 15 is 0 Å². The van der Waals surface area contributed by atoms with Gasteiger partial charge in [-0.1, -0.05) is 24.3 Å². The van der Waals surface area contributed by atoms with Gasteiger partial charge in [-0.05, 0) is 5.46 Å². The van der Waals surface area contributed by atoms with E-state index in [1.807, 2.05) is 0 Å². The number of aryl methyl sites for hydroxylation is 1. The number of hydrogen-bond acceptors (Lipinski definition) is 3. The summed E-state index contributed by atoms with van der Waals surface area (Å²) in [5.41, 5.74) is -0.243. The van der Waals surface area contributed by atoms with Crippen molar-refractivity contribution in [3.8, 4) is 11.4 Å². The molecule has 100 valence electrons. The van der Waals surface area contributed by atoms with Gasteiger partial charge in [-0.2, -0.15) is 13.2 Å². The summed E-state index contributed by atoms with van der Waals surface area (Å²) in [6, 6.07) is 5.80. The van der Waals surface area contributed by atoms with Crippen LogP contribution in [0.1, 0.15) is 5.69 Å². The average Bonchev–Trinajstić information content (AvgIpc) is 2.71. The van der Waals surface area contributed by atoms with Gasteiger partial charge in [0, 0.05) is 18.8 Å². The molecule has 1 heterocycles. The first kappa shape index (κ1) is 13.6. The molecule has 0 amide bonds. The lowest BCUT2D eigenvalue weighted by Gasteiger charge is -2.03. The van der Waals surface area contributed by atoms with Crippen molar-refractivity contribution in [1.82, 2.24) is 9.55 Å². The lowest BCUT2D eigenvalue weighted by molar-refractivity contribution is -0.140. The van der Waals surface area contributed by atoms with E-state index in [1.54, 1.807) is 0 Å². The number of nitrogens with zero attached hydrogens (tertiary/aromatic N) is 2. The third kappa shape index (κ3) is 2.79. The SMILES string of the molecule is Cn1cc(C(F)(F)F)nc1-c1ccc(B(O)O)cc1. The standard InChI is InChI=1S/C11H10BF3N2O2/c1-17-6-9(11(13,14)15)16-10(17)7-2-4-8(5-3-7)12(18)19/h2-6,18-19H,1H3. The van der Waals surface area contributed by atoms with Crippen molar-refractivity contribution < 1.29 is 23.2 Å². The van der Waals surface area contributed by atoms with E-state index in [4.69, 9.17) is 10.0 Å². The van der Waals surface area contributed by atoms with Gasteiger partial charge in [0.05, 0.1) is 0 Å². The van der Waals surface area contributed by atoms with Crippen molar-refractivity contribution in [2.45, 2.75) is 6.18 Å². The molecule has 0 atom stereocenters. The van der Waals surface area contributed by atoms with E-state index in [0.717, 1.165) is 6.20 Å². The van der Waals surface area contributed by atoms with Gasteiger partial charge in [0.1, 0.15) is 5.82 Å². The van der Waals surface area contributed by atoms with Gasteiger partial charge >= 0.3 is 13.3 Å². The highest BCUT2D eigenvalue weighted by atomic mass is 19.4. The Morgan fingerprint density at radius 1 is 1.16 bits per heavy atom. The summed E-state index contributed by atoms with van der Waals surface area (Å²) >= 11 is 0. The highest BCUT2D eigenvalue weighted by Gasteiger charge is 2.34. The second-order valence-electron chi connectivity index (χ2n) is 4.05. The molecule has 0 bridgehead atoms. The molecular formula is C11H10BF3N2O2. The van der Waals surface area contributed by atoms with Crippen LogP contribution in [0, 0.1) is 0 Å². The van der Waals surface area contributed by atoms with Crippen LogP contribution in [-0.2, 0) is 13.2 Å². The lowest BCUT2D eigenvalue weighted by atomic mass is 9.80. The molecule has 0 saturated carbocycles. The highest BCUT2D eigenvalue weighted by molar-refractivity contribution is 6.58. The number of halogens is 3. The highest BCUT2D eigenvalue weighted by Crippen LogP contribution is 2.30. The number of alkyl halides is 3. The molecule has 2 rings (SSSR count). The van der Waals surface area contributed by atoms with E-state index in [-0.39, 0.29) is 11.3 Å². The number of rotatable bonds is 2. The van der Waals surface area contributed by atoms with Crippen LogP contribution in [0.3, 0.4) is 0 Å². The molecule has 0 spiro atoms. The van der Waals surface area contributed by atoms with Gasteiger partial charge in [-0.25, -0.2) is 4.98 Å². The fraction of sp³-hybridized carbons (Fsp3) is 0.182. The van der Waals surface area contributed by atoms with E-state index in [0.29, 0.717) is 5.56 Å². The summed E-state index contributed by atoms with van der Waals surface area (Å²) in [6.45, 7) is 0. The number of hydrogen-bond donors (Lipinski definition) is 2. The molecule has 19 heavy (non-hydrogen) atoms. The Balaban J connectivity index is 2.39. The molecule has 1 aromatic carbocycles. The minimum atomic E-state index is -4.49. The summed E-state index contributed by atoms with van der Waals surface area (Å²) in [7, 11) is -0.145. The Kier molecular flexibility index (Phi) is 3.38. The van der Waals surface area contributed by atoms with E-state index in [1.165, 1.54) is 35.9 Å². The van der Waals surface area contributed by atoms with Crippen LogP contribution in [-0.4, -0.2) is 26.7 Å². The maximum Gasteiger partial charge on any atom is 0.488 e. The zero-order chi connectivity index (χ0) is 14.2. The molecule has 0 saturated heterocycles. The quantitative estimate of drug-likeness (QED) is 0.793. The van der Waals surface area contributed by atoms with Gasteiger partial charge in [0.25, 0.3) is 0 Å². The molecule has 0 aliphatic rings. The summed E-state index contributed by atoms with van der Waals surface area (Å²) in [5.74, 6) is 0.159. The van der Waals surface area contributed by atoms with Crippen LogP contribution in [0.2, 0.25) is 0 Å². The minimum Gasteiger partial charge on any atom is -0.423 e. The van der Waals surface area contributed by atoms with E-state index in [9.17, 15) is 13.2 Å². The van der Waals surface area contributed by atoms with Crippen LogP contribution >= 0.6 is 0 Å². The molecule has 4 nitrogen and oxygen atoms in total. The third-order valence-electron chi connectivity index (χ3n) is 2.63. The fourth-order valence-electron chi connectivity index (χ4n) is 1.68. The van der Waals surface area contributed by atoms with Crippen LogP contribution < -0.4 is 5.46 Å². The molecule has 1 aromatic heterocycles. The van der Waals surface area contributed by atoms with Gasteiger partial charge in [0.15, 0.2) is 5.69 Å². The molecule has 0 fully saturated rings. The predicted molar refractivity (Wildman–Crippen MR) is 63.5 cm³/mol. The smallest absolute Gasteiger partial charge is 0.423 e. The summed E-state index contributed by atoms with van der Waals surface area (Å²) in [6.07, 6.45) is -3.58.